The third kappa shape index (κ3) is 2.28. The van der Waals surface area contributed by atoms with Crippen molar-refractivity contribution in [2.45, 2.75) is 19.5 Å². The Balaban J connectivity index is 1.97. The van der Waals surface area contributed by atoms with E-state index in [4.69, 9.17) is 0 Å². The summed E-state index contributed by atoms with van der Waals surface area (Å²) in [5.41, 5.74) is 1.88. The number of hydrogen-bond donors (Lipinski definition) is 2. The van der Waals surface area contributed by atoms with E-state index in [1.165, 1.54) is 17.0 Å². The van der Waals surface area contributed by atoms with Gasteiger partial charge in [-0.3, -0.25) is 4.79 Å². The second-order valence-corrected chi connectivity index (χ2v) is 5.64. The van der Waals surface area contributed by atoms with E-state index in [-0.39, 0.29) is 11.6 Å². The maximum absolute atomic E-state index is 12.0. The van der Waals surface area contributed by atoms with Crippen molar-refractivity contribution in [3.8, 4) is 0 Å². The molecular weight excluding hydrogens is 272 g/mol. The maximum Gasteiger partial charge on any atom is 0.268 e. The first-order valence-electron chi connectivity index (χ1n) is 6.47. The van der Waals surface area contributed by atoms with E-state index >= 15 is 0 Å². The van der Waals surface area contributed by atoms with E-state index in [9.17, 15) is 4.79 Å². The molecule has 0 aromatic carbocycles. The molecule has 5 nitrogen and oxygen atoms in total. The molecule has 0 aliphatic carbocycles. The van der Waals surface area contributed by atoms with Crippen molar-refractivity contribution in [2.75, 3.05) is 7.05 Å². The topological polar surface area (TPSA) is 62.7 Å². The summed E-state index contributed by atoms with van der Waals surface area (Å²) in [6, 6.07) is 6.21. The predicted molar refractivity (Wildman–Crippen MR) is 81.2 cm³/mol. The van der Waals surface area contributed by atoms with Crippen molar-refractivity contribution in [3.63, 3.8) is 0 Å². The minimum Gasteiger partial charge on any atom is -0.342 e. The summed E-state index contributed by atoms with van der Waals surface area (Å²) in [5, 5.41) is 5.11. The number of H-pyrrole nitrogens is 1. The zero-order valence-electron chi connectivity index (χ0n) is 11.4. The van der Waals surface area contributed by atoms with Crippen LogP contribution in [0.15, 0.2) is 34.6 Å². The van der Waals surface area contributed by atoms with Gasteiger partial charge in [0.2, 0.25) is 0 Å². The third-order valence-electron chi connectivity index (χ3n) is 3.43. The highest BCUT2D eigenvalue weighted by molar-refractivity contribution is 7.17. The SMILES string of the molecule is CNC(C)c1cccn1Cc1nc2ccsc2c(=O)[nH]1. The van der Waals surface area contributed by atoms with Gasteiger partial charge >= 0.3 is 0 Å². The molecule has 0 bridgehead atoms. The van der Waals surface area contributed by atoms with Crippen LogP contribution >= 0.6 is 11.3 Å². The van der Waals surface area contributed by atoms with Crippen molar-refractivity contribution in [3.05, 3.63) is 51.6 Å². The molecule has 0 aliphatic rings. The molecule has 0 saturated carbocycles. The predicted octanol–water partition coefficient (Wildman–Crippen LogP) is 2.11. The third-order valence-corrected chi connectivity index (χ3v) is 4.33. The molecule has 3 aromatic heterocycles. The number of fused-ring (bicyclic) bond motifs is 1. The summed E-state index contributed by atoms with van der Waals surface area (Å²) >= 11 is 1.42. The Bertz CT molecular complexity index is 786. The summed E-state index contributed by atoms with van der Waals surface area (Å²) in [4.78, 5) is 19.3. The summed E-state index contributed by atoms with van der Waals surface area (Å²) in [6.45, 7) is 2.67. The fraction of sp³-hybridized carbons (Fsp3) is 0.286. The molecular formula is C14H16N4OS. The van der Waals surface area contributed by atoms with Gasteiger partial charge in [0.15, 0.2) is 0 Å². The highest BCUT2D eigenvalue weighted by Gasteiger charge is 2.10. The van der Waals surface area contributed by atoms with Gasteiger partial charge in [0.05, 0.1) is 12.1 Å². The molecule has 1 atom stereocenters. The lowest BCUT2D eigenvalue weighted by atomic mass is 10.2. The average Bonchev–Trinajstić information content (AvgIpc) is 3.07. The molecule has 20 heavy (non-hydrogen) atoms. The lowest BCUT2D eigenvalue weighted by molar-refractivity contribution is 0.582. The Morgan fingerprint density at radius 3 is 3.15 bits per heavy atom. The number of hydrogen-bond acceptors (Lipinski definition) is 4. The molecule has 3 rings (SSSR count). The summed E-state index contributed by atoms with van der Waals surface area (Å²) < 4.78 is 2.78. The molecule has 0 radical (unpaired) electrons. The van der Waals surface area contributed by atoms with E-state index in [1.54, 1.807) is 0 Å². The molecule has 0 saturated heterocycles. The number of aromatic nitrogens is 3. The fourth-order valence-electron chi connectivity index (χ4n) is 2.27. The first-order valence-corrected chi connectivity index (χ1v) is 7.35. The van der Waals surface area contributed by atoms with Gasteiger partial charge in [0, 0.05) is 17.9 Å². The van der Waals surface area contributed by atoms with Gasteiger partial charge in [-0.2, -0.15) is 0 Å². The van der Waals surface area contributed by atoms with Crippen LogP contribution in [0.1, 0.15) is 24.5 Å². The Hall–Kier alpha value is -1.92. The van der Waals surface area contributed by atoms with Gasteiger partial charge in [-0.25, -0.2) is 4.98 Å². The first-order chi connectivity index (χ1) is 9.69. The number of nitrogens with zero attached hydrogens (tertiary/aromatic N) is 2. The normalized spacial score (nSPS) is 12.9. The summed E-state index contributed by atoms with van der Waals surface area (Å²) in [7, 11) is 1.93. The molecule has 0 aliphatic heterocycles. The molecule has 0 amide bonds. The highest BCUT2D eigenvalue weighted by atomic mass is 32.1. The van der Waals surface area contributed by atoms with Gasteiger partial charge in [0.25, 0.3) is 5.56 Å². The minimum atomic E-state index is -0.0598. The van der Waals surface area contributed by atoms with Crippen LogP contribution in [0.3, 0.4) is 0 Å². The molecule has 0 fully saturated rings. The quantitative estimate of drug-likeness (QED) is 0.773. The Morgan fingerprint density at radius 2 is 2.35 bits per heavy atom. The molecule has 0 spiro atoms. The van der Waals surface area contributed by atoms with Crippen LogP contribution in [-0.2, 0) is 6.54 Å². The summed E-state index contributed by atoms with van der Waals surface area (Å²) in [5.74, 6) is 0.682. The maximum atomic E-state index is 12.0. The largest absolute Gasteiger partial charge is 0.342 e. The lowest BCUT2D eigenvalue weighted by Gasteiger charge is -2.14. The highest BCUT2D eigenvalue weighted by Crippen LogP contribution is 2.16. The number of rotatable bonds is 4. The van der Waals surface area contributed by atoms with Gasteiger partial charge in [0.1, 0.15) is 10.5 Å². The van der Waals surface area contributed by atoms with Crippen molar-refractivity contribution in [2.24, 2.45) is 0 Å². The molecule has 2 N–H and O–H groups in total. The van der Waals surface area contributed by atoms with Crippen molar-refractivity contribution in [1.82, 2.24) is 19.9 Å². The Morgan fingerprint density at radius 1 is 1.50 bits per heavy atom. The molecule has 1 unspecified atom stereocenters. The Kier molecular flexibility index (Phi) is 3.42. The zero-order valence-corrected chi connectivity index (χ0v) is 12.2. The van der Waals surface area contributed by atoms with Gasteiger partial charge in [-0.05, 0) is 37.6 Å². The monoisotopic (exact) mass is 288 g/mol. The number of aromatic amines is 1. The lowest BCUT2D eigenvalue weighted by Crippen LogP contribution is -2.19. The van der Waals surface area contributed by atoms with Gasteiger partial charge < -0.3 is 14.9 Å². The van der Waals surface area contributed by atoms with Crippen LogP contribution < -0.4 is 10.9 Å². The zero-order chi connectivity index (χ0) is 14.1. The molecule has 3 heterocycles. The first kappa shape index (κ1) is 13.1. The Labute approximate surface area is 120 Å². The molecule has 3 aromatic rings. The van der Waals surface area contributed by atoms with Crippen molar-refractivity contribution in [1.29, 1.82) is 0 Å². The minimum absolute atomic E-state index is 0.0598. The smallest absolute Gasteiger partial charge is 0.268 e. The van der Waals surface area contributed by atoms with Crippen LogP contribution in [0.2, 0.25) is 0 Å². The van der Waals surface area contributed by atoms with E-state index < -0.39 is 0 Å². The number of thiophene rings is 1. The molecule has 104 valence electrons. The van der Waals surface area contributed by atoms with Crippen LogP contribution in [-0.4, -0.2) is 21.6 Å². The van der Waals surface area contributed by atoms with Crippen molar-refractivity contribution < 1.29 is 0 Å². The molecule has 6 heteroatoms. The van der Waals surface area contributed by atoms with Crippen LogP contribution in [0.4, 0.5) is 0 Å². The van der Waals surface area contributed by atoms with E-state index in [0.717, 1.165) is 5.52 Å². The van der Waals surface area contributed by atoms with Gasteiger partial charge in [-0.1, -0.05) is 0 Å². The summed E-state index contributed by atoms with van der Waals surface area (Å²) in [6.07, 6.45) is 2.00. The second kappa shape index (κ2) is 5.22. The van der Waals surface area contributed by atoms with Crippen LogP contribution in [0, 0.1) is 0 Å². The van der Waals surface area contributed by atoms with E-state index in [2.05, 4.69) is 32.8 Å². The van der Waals surface area contributed by atoms with E-state index in [0.29, 0.717) is 17.1 Å². The van der Waals surface area contributed by atoms with Crippen LogP contribution in [0.5, 0.6) is 0 Å². The second-order valence-electron chi connectivity index (χ2n) is 4.72. The standard InChI is InChI=1S/C14H16N4OS/c1-9(15-2)11-4-3-6-18(11)8-12-16-10-5-7-20-13(10)14(19)17-12/h3-7,9,15H,8H2,1-2H3,(H,16,17,19). The van der Waals surface area contributed by atoms with E-state index in [1.807, 2.05) is 30.8 Å². The van der Waals surface area contributed by atoms with Crippen molar-refractivity contribution >= 4 is 21.6 Å². The van der Waals surface area contributed by atoms with Crippen LogP contribution in [0.25, 0.3) is 10.2 Å². The average molecular weight is 288 g/mol. The fourth-order valence-corrected chi connectivity index (χ4v) is 3.00. The van der Waals surface area contributed by atoms with Gasteiger partial charge in [-0.15, -0.1) is 11.3 Å². The number of nitrogens with one attached hydrogen (secondary N) is 2.